The van der Waals surface area contributed by atoms with Gasteiger partial charge in [0.15, 0.2) is 0 Å². The van der Waals surface area contributed by atoms with Crippen molar-refractivity contribution < 1.29 is 13.9 Å². The second-order valence-electron chi connectivity index (χ2n) is 4.49. The predicted molar refractivity (Wildman–Crippen MR) is 70.0 cm³/mol. The molecule has 2 rings (SSSR count). The topological polar surface area (TPSA) is 29.5 Å². The van der Waals surface area contributed by atoms with Crippen molar-refractivity contribution in [2.75, 3.05) is 26.8 Å². The van der Waals surface area contributed by atoms with Crippen LogP contribution in [0.2, 0.25) is 0 Å². The smallest absolute Gasteiger partial charge is 0.256 e. The van der Waals surface area contributed by atoms with Crippen LogP contribution < -0.4 is 0 Å². The molecule has 98 valence electrons. The van der Waals surface area contributed by atoms with E-state index in [1.54, 1.807) is 18.1 Å². The second kappa shape index (κ2) is 5.80. The normalized spacial score (nSPS) is 19.3. The van der Waals surface area contributed by atoms with Crippen molar-refractivity contribution in [1.29, 1.82) is 0 Å². The van der Waals surface area contributed by atoms with Gasteiger partial charge in [0.2, 0.25) is 0 Å². The van der Waals surface area contributed by atoms with Gasteiger partial charge in [-0.05, 0) is 24.6 Å². The summed E-state index contributed by atoms with van der Waals surface area (Å²) in [6, 6.07) is 4.51. The average molecular weight is 316 g/mol. The summed E-state index contributed by atoms with van der Waals surface area (Å²) in [5.41, 5.74) is 0.135. The molecule has 0 aliphatic carbocycles. The highest BCUT2D eigenvalue weighted by Gasteiger charge is 2.28. The van der Waals surface area contributed by atoms with Gasteiger partial charge in [-0.1, -0.05) is 15.9 Å². The highest BCUT2D eigenvalue weighted by atomic mass is 79.9. The third-order valence-electron chi connectivity index (χ3n) is 3.14. The van der Waals surface area contributed by atoms with E-state index in [0.29, 0.717) is 30.1 Å². The van der Waals surface area contributed by atoms with Crippen molar-refractivity contribution in [3.63, 3.8) is 0 Å². The standard InChI is InChI=1S/C13H15BrFNO2/c1-18-8-9-4-5-16(7-9)13(17)11-3-2-10(14)6-12(11)15/h2-3,6,9H,4-5,7-8H2,1H3. The summed E-state index contributed by atoms with van der Waals surface area (Å²) in [4.78, 5) is 13.8. The molecule has 1 saturated heterocycles. The first-order chi connectivity index (χ1) is 8.61. The van der Waals surface area contributed by atoms with E-state index in [-0.39, 0.29) is 11.5 Å². The van der Waals surface area contributed by atoms with Crippen molar-refractivity contribution in [3.8, 4) is 0 Å². The van der Waals surface area contributed by atoms with Gasteiger partial charge in [-0.15, -0.1) is 0 Å². The van der Waals surface area contributed by atoms with Crippen molar-refractivity contribution >= 4 is 21.8 Å². The van der Waals surface area contributed by atoms with Crippen LogP contribution in [0.15, 0.2) is 22.7 Å². The molecule has 1 aliphatic heterocycles. The van der Waals surface area contributed by atoms with Crippen LogP contribution in [0.5, 0.6) is 0 Å². The number of nitrogens with zero attached hydrogens (tertiary/aromatic N) is 1. The van der Waals surface area contributed by atoms with Gasteiger partial charge < -0.3 is 9.64 Å². The Kier molecular flexibility index (Phi) is 4.35. The van der Waals surface area contributed by atoms with E-state index < -0.39 is 5.82 Å². The van der Waals surface area contributed by atoms with Crippen LogP contribution in [-0.4, -0.2) is 37.6 Å². The van der Waals surface area contributed by atoms with Crippen LogP contribution in [-0.2, 0) is 4.74 Å². The second-order valence-corrected chi connectivity index (χ2v) is 5.40. The first-order valence-electron chi connectivity index (χ1n) is 5.85. The molecule has 0 N–H and O–H groups in total. The van der Waals surface area contributed by atoms with Crippen LogP contribution >= 0.6 is 15.9 Å². The summed E-state index contributed by atoms with van der Waals surface area (Å²) in [6.45, 7) is 1.96. The van der Waals surface area contributed by atoms with Gasteiger partial charge >= 0.3 is 0 Å². The van der Waals surface area contributed by atoms with Crippen molar-refractivity contribution in [1.82, 2.24) is 4.90 Å². The Morgan fingerprint density at radius 1 is 1.61 bits per heavy atom. The zero-order chi connectivity index (χ0) is 13.1. The first kappa shape index (κ1) is 13.5. The molecule has 1 fully saturated rings. The van der Waals surface area contributed by atoms with E-state index >= 15 is 0 Å². The van der Waals surface area contributed by atoms with Gasteiger partial charge in [0.25, 0.3) is 5.91 Å². The Labute approximate surface area is 114 Å². The van der Waals surface area contributed by atoms with E-state index in [4.69, 9.17) is 4.74 Å². The maximum Gasteiger partial charge on any atom is 0.256 e. The molecular weight excluding hydrogens is 301 g/mol. The lowest BCUT2D eigenvalue weighted by Gasteiger charge is -2.17. The molecule has 1 aliphatic rings. The Hall–Kier alpha value is -0.940. The van der Waals surface area contributed by atoms with Crippen molar-refractivity contribution in [2.45, 2.75) is 6.42 Å². The quantitative estimate of drug-likeness (QED) is 0.858. The largest absolute Gasteiger partial charge is 0.384 e. The minimum atomic E-state index is -0.482. The number of hydrogen-bond acceptors (Lipinski definition) is 2. The molecular formula is C13H15BrFNO2. The fourth-order valence-corrected chi connectivity index (χ4v) is 2.56. The number of benzene rings is 1. The molecule has 0 bridgehead atoms. The summed E-state index contributed by atoms with van der Waals surface area (Å²) in [7, 11) is 1.65. The molecule has 3 nitrogen and oxygen atoms in total. The van der Waals surface area contributed by atoms with Crippen LogP contribution in [0, 0.1) is 11.7 Å². The summed E-state index contributed by atoms with van der Waals surface area (Å²) in [5, 5.41) is 0. The zero-order valence-electron chi connectivity index (χ0n) is 10.2. The highest BCUT2D eigenvalue weighted by Crippen LogP contribution is 2.21. The number of methoxy groups -OCH3 is 1. The molecule has 0 spiro atoms. The third-order valence-corrected chi connectivity index (χ3v) is 3.63. The fourth-order valence-electron chi connectivity index (χ4n) is 2.22. The molecule has 1 aromatic carbocycles. The number of halogens is 2. The maximum atomic E-state index is 13.7. The van der Waals surface area contributed by atoms with Gasteiger partial charge in [-0.2, -0.15) is 0 Å². The maximum absolute atomic E-state index is 13.7. The molecule has 1 unspecified atom stereocenters. The van der Waals surface area contributed by atoms with E-state index in [2.05, 4.69) is 15.9 Å². The molecule has 0 saturated carbocycles. The Morgan fingerprint density at radius 3 is 3.06 bits per heavy atom. The number of rotatable bonds is 3. The monoisotopic (exact) mass is 315 g/mol. The van der Waals surface area contributed by atoms with E-state index in [9.17, 15) is 9.18 Å². The van der Waals surface area contributed by atoms with Gasteiger partial charge in [0, 0.05) is 30.6 Å². The van der Waals surface area contributed by atoms with Crippen LogP contribution in [0.1, 0.15) is 16.8 Å². The van der Waals surface area contributed by atoms with Crippen molar-refractivity contribution in [3.05, 3.63) is 34.1 Å². The van der Waals surface area contributed by atoms with Gasteiger partial charge in [0.05, 0.1) is 12.2 Å². The molecule has 0 radical (unpaired) electrons. The molecule has 1 amide bonds. The van der Waals surface area contributed by atoms with Gasteiger partial charge in [0.1, 0.15) is 5.82 Å². The molecule has 1 heterocycles. The minimum absolute atomic E-state index is 0.135. The number of hydrogen-bond donors (Lipinski definition) is 0. The van der Waals surface area contributed by atoms with Crippen molar-refractivity contribution in [2.24, 2.45) is 5.92 Å². The molecule has 18 heavy (non-hydrogen) atoms. The number of carbonyl (C=O) groups is 1. The number of amides is 1. The van der Waals surface area contributed by atoms with Crippen LogP contribution in [0.25, 0.3) is 0 Å². The van der Waals surface area contributed by atoms with Gasteiger partial charge in [-0.3, -0.25) is 4.79 Å². The van der Waals surface area contributed by atoms with Crippen LogP contribution in [0.4, 0.5) is 4.39 Å². The minimum Gasteiger partial charge on any atom is -0.384 e. The van der Waals surface area contributed by atoms with Gasteiger partial charge in [-0.25, -0.2) is 4.39 Å². The number of likely N-dealkylation sites (tertiary alicyclic amines) is 1. The fraction of sp³-hybridized carbons (Fsp3) is 0.462. The average Bonchev–Trinajstić information content (AvgIpc) is 2.77. The summed E-state index contributed by atoms with van der Waals surface area (Å²) in [5.74, 6) is -0.361. The third kappa shape index (κ3) is 2.90. The van der Waals surface area contributed by atoms with E-state index in [0.717, 1.165) is 6.42 Å². The molecule has 1 atom stereocenters. The lowest BCUT2D eigenvalue weighted by atomic mass is 10.1. The lowest BCUT2D eigenvalue weighted by molar-refractivity contribution is 0.0771. The first-order valence-corrected chi connectivity index (χ1v) is 6.64. The summed E-state index contributed by atoms with van der Waals surface area (Å²) < 4.78 is 19.4. The molecule has 0 aromatic heterocycles. The molecule has 1 aromatic rings. The summed E-state index contributed by atoms with van der Waals surface area (Å²) in [6.07, 6.45) is 0.914. The number of carbonyl (C=O) groups excluding carboxylic acids is 1. The zero-order valence-corrected chi connectivity index (χ0v) is 11.7. The summed E-state index contributed by atoms with van der Waals surface area (Å²) >= 11 is 3.18. The number of ether oxygens (including phenoxy) is 1. The highest BCUT2D eigenvalue weighted by molar-refractivity contribution is 9.10. The predicted octanol–water partition coefficient (Wildman–Crippen LogP) is 2.70. The molecule has 5 heteroatoms. The Bertz CT molecular complexity index is 453. The Balaban J connectivity index is 2.08. The lowest BCUT2D eigenvalue weighted by Crippen LogP contribution is -2.29. The Morgan fingerprint density at radius 2 is 2.39 bits per heavy atom. The van der Waals surface area contributed by atoms with E-state index in [1.807, 2.05) is 0 Å². The van der Waals surface area contributed by atoms with E-state index in [1.165, 1.54) is 12.1 Å². The SMILES string of the molecule is COCC1CCN(C(=O)c2ccc(Br)cc2F)C1. The van der Waals surface area contributed by atoms with Crippen LogP contribution in [0.3, 0.4) is 0 Å².